The molecule has 2 rings (SSSR count). The molecule has 3 nitrogen and oxygen atoms in total. The lowest BCUT2D eigenvalue weighted by molar-refractivity contribution is 0.176. The van der Waals surface area contributed by atoms with Crippen LogP contribution in [0.2, 0.25) is 0 Å². The van der Waals surface area contributed by atoms with Gasteiger partial charge in [0.2, 0.25) is 0 Å². The van der Waals surface area contributed by atoms with E-state index < -0.39 is 0 Å². The molecule has 1 aromatic rings. The molecule has 2 heterocycles. The molecule has 3 heteroatoms. The Hall–Kier alpha value is -0.800. The molecule has 78 valence electrons. The van der Waals surface area contributed by atoms with Crippen molar-refractivity contribution in [3.05, 3.63) is 24.2 Å². The average Bonchev–Trinajstić information content (AvgIpc) is 2.87. The zero-order valence-electron chi connectivity index (χ0n) is 8.65. The van der Waals surface area contributed by atoms with Crippen LogP contribution in [0.3, 0.4) is 0 Å². The van der Waals surface area contributed by atoms with Crippen LogP contribution in [0, 0.1) is 0 Å². The van der Waals surface area contributed by atoms with E-state index in [0.717, 1.165) is 18.8 Å². The SMILES string of the molecule is CC(c1ccco1)N1CCCC1CN. The number of rotatable bonds is 3. The lowest BCUT2D eigenvalue weighted by atomic mass is 10.1. The molecular formula is C11H18N2O. The van der Waals surface area contributed by atoms with Gasteiger partial charge < -0.3 is 10.2 Å². The monoisotopic (exact) mass is 194 g/mol. The standard InChI is InChI=1S/C11H18N2O/c1-9(11-5-3-7-14-11)13-6-2-4-10(13)8-12/h3,5,7,9-10H,2,4,6,8,12H2,1H3. The number of nitrogens with two attached hydrogens (primary N) is 1. The van der Waals surface area contributed by atoms with Gasteiger partial charge in [-0.2, -0.15) is 0 Å². The molecule has 0 saturated carbocycles. The first-order valence-electron chi connectivity index (χ1n) is 5.32. The zero-order valence-corrected chi connectivity index (χ0v) is 8.65. The minimum Gasteiger partial charge on any atom is -0.468 e. The van der Waals surface area contributed by atoms with Crippen LogP contribution in [-0.4, -0.2) is 24.0 Å². The highest BCUT2D eigenvalue weighted by Gasteiger charge is 2.29. The largest absolute Gasteiger partial charge is 0.468 e. The zero-order chi connectivity index (χ0) is 9.97. The highest BCUT2D eigenvalue weighted by atomic mass is 16.3. The molecule has 0 aromatic carbocycles. The maximum atomic E-state index is 5.74. The van der Waals surface area contributed by atoms with Crippen LogP contribution in [0.15, 0.2) is 22.8 Å². The second-order valence-corrected chi connectivity index (χ2v) is 3.96. The van der Waals surface area contributed by atoms with Gasteiger partial charge in [0.1, 0.15) is 5.76 Å². The Bertz CT molecular complexity index is 271. The smallest absolute Gasteiger partial charge is 0.120 e. The third-order valence-corrected chi connectivity index (χ3v) is 3.15. The molecule has 0 amide bonds. The Kier molecular flexibility index (Phi) is 2.89. The van der Waals surface area contributed by atoms with Crippen molar-refractivity contribution in [1.82, 2.24) is 4.90 Å². The fourth-order valence-electron chi connectivity index (χ4n) is 2.31. The van der Waals surface area contributed by atoms with Crippen molar-refractivity contribution in [3.8, 4) is 0 Å². The normalized spacial score (nSPS) is 25.4. The molecule has 0 radical (unpaired) electrons. The second-order valence-electron chi connectivity index (χ2n) is 3.96. The van der Waals surface area contributed by atoms with E-state index >= 15 is 0 Å². The van der Waals surface area contributed by atoms with Gasteiger partial charge in [-0.3, -0.25) is 4.90 Å². The third-order valence-electron chi connectivity index (χ3n) is 3.15. The Morgan fingerprint density at radius 2 is 2.57 bits per heavy atom. The summed E-state index contributed by atoms with van der Waals surface area (Å²) >= 11 is 0. The number of furan rings is 1. The van der Waals surface area contributed by atoms with E-state index in [2.05, 4.69) is 11.8 Å². The van der Waals surface area contributed by atoms with E-state index in [0.29, 0.717) is 12.1 Å². The Morgan fingerprint density at radius 1 is 1.71 bits per heavy atom. The lowest BCUT2D eigenvalue weighted by Gasteiger charge is -2.28. The Labute approximate surface area is 84.9 Å². The van der Waals surface area contributed by atoms with E-state index in [1.165, 1.54) is 12.8 Å². The first kappa shape index (κ1) is 9.74. The summed E-state index contributed by atoms with van der Waals surface area (Å²) in [4.78, 5) is 2.44. The quantitative estimate of drug-likeness (QED) is 0.797. The van der Waals surface area contributed by atoms with Gasteiger partial charge >= 0.3 is 0 Å². The predicted octanol–water partition coefficient (Wildman–Crippen LogP) is 1.76. The van der Waals surface area contributed by atoms with Crippen molar-refractivity contribution in [2.75, 3.05) is 13.1 Å². The summed E-state index contributed by atoms with van der Waals surface area (Å²) in [6.07, 6.45) is 4.22. The van der Waals surface area contributed by atoms with E-state index in [1.54, 1.807) is 6.26 Å². The fraction of sp³-hybridized carbons (Fsp3) is 0.636. The van der Waals surface area contributed by atoms with Gasteiger partial charge in [-0.25, -0.2) is 0 Å². The Morgan fingerprint density at radius 3 is 3.21 bits per heavy atom. The third kappa shape index (κ3) is 1.70. The highest BCUT2D eigenvalue weighted by Crippen LogP contribution is 2.28. The molecule has 0 aliphatic carbocycles. The van der Waals surface area contributed by atoms with Crippen molar-refractivity contribution in [2.45, 2.75) is 31.8 Å². The molecule has 1 fully saturated rings. The lowest BCUT2D eigenvalue weighted by Crippen LogP contribution is -2.37. The molecule has 2 unspecified atom stereocenters. The maximum absolute atomic E-state index is 5.74. The molecule has 2 N–H and O–H groups in total. The molecule has 0 spiro atoms. The summed E-state index contributed by atoms with van der Waals surface area (Å²) in [5.74, 6) is 1.05. The fourth-order valence-corrected chi connectivity index (χ4v) is 2.31. The topological polar surface area (TPSA) is 42.4 Å². The average molecular weight is 194 g/mol. The molecule has 1 aliphatic rings. The van der Waals surface area contributed by atoms with Crippen LogP contribution < -0.4 is 5.73 Å². The van der Waals surface area contributed by atoms with Crippen LogP contribution in [0.5, 0.6) is 0 Å². The van der Waals surface area contributed by atoms with Gasteiger partial charge in [-0.05, 0) is 38.4 Å². The van der Waals surface area contributed by atoms with Gasteiger partial charge in [0, 0.05) is 12.6 Å². The van der Waals surface area contributed by atoms with Gasteiger partial charge in [0.25, 0.3) is 0 Å². The number of hydrogen-bond donors (Lipinski definition) is 1. The van der Waals surface area contributed by atoms with Crippen molar-refractivity contribution in [1.29, 1.82) is 0 Å². The van der Waals surface area contributed by atoms with Gasteiger partial charge in [0.15, 0.2) is 0 Å². The van der Waals surface area contributed by atoms with Crippen LogP contribution in [0.1, 0.15) is 31.6 Å². The van der Waals surface area contributed by atoms with Gasteiger partial charge in [-0.1, -0.05) is 0 Å². The molecule has 14 heavy (non-hydrogen) atoms. The van der Waals surface area contributed by atoms with Crippen molar-refractivity contribution >= 4 is 0 Å². The Balaban J connectivity index is 2.07. The summed E-state index contributed by atoms with van der Waals surface area (Å²) in [7, 11) is 0. The van der Waals surface area contributed by atoms with Crippen LogP contribution in [0.4, 0.5) is 0 Å². The molecule has 1 aliphatic heterocycles. The summed E-state index contributed by atoms with van der Waals surface area (Å²) in [5, 5.41) is 0. The number of hydrogen-bond acceptors (Lipinski definition) is 3. The van der Waals surface area contributed by atoms with E-state index in [9.17, 15) is 0 Å². The maximum Gasteiger partial charge on any atom is 0.120 e. The van der Waals surface area contributed by atoms with E-state index in [-0.39, 0.29) is 0 Å². The molecule has 1 saturated heterocycles. The van der Waals surface area contributed by atoms with Crippen LogP contribution >= 0.6 is 0 Å². The molecule has 2 atom stereocenters. The van der Waals surface area contributed by atoms with Crippen molar-refractivity contribution in [2.24, 2.45) is 5.73 Å². The molecular weight excluding hydrogens is 176 g/mol. The molecule has 0 bridgehead atoms. The van der Waals surface area contributed by atoms with Crippen LogP contribution in [-0.2, 0) is 0 Å². The minimum absolute atomic E-state index is 0.362. The minimum atomic E-state index is 0.362. The summed E-state index contributed by atoms with van der Waals surface area (Å²) < 4.78 is 5.42. The summed E-state index contributed by atoms with van der Waals surface area (Å²) in [6, 6.07) is 4.88. The predicted molar refractivity (Wildman–Crippen MR) is 55.9 cm³/mol. The summed E-state index contributed by atoms with van der Waals surface area (Å²) in [6.45, 7) is 4.08. The highest BCUT2D eigenvalue weighted by molar-refractivity contribution is 5.05. The van der Waals surface area contributed by atoms with Gasteiger partial charge in [0.05, 0.1) is 12.3 Å². The number of nitrogens with zero attached hydrogens (tertiary/aromatic N) is 1. The molecule has 1 aromatic heterocycles. The van der Waals surface area contributed by atoms with Crippen molar-refractivity contribution < 1.29 is 4.42 Å². The summed E-state index contributed by atoms with van der Waals surface area (Å²) in [5.41, 5.74) is 5.74. The van der Waals surface area contributed by atoms with Crippen LogP contribution in [0.25, 0.3) is 0 Å². The van der Waals surface area contributed by atoms with Crippen molar-refractivity contribution in [3.63, 3.8) is 0 Å². The van der Waals surface area contributed by atoms with Gasteiger partial charge in [-0.15, -0.1) is 0 Å². The van der Waals surface area contributed by atoms with E-state index in [4.69, 9.17) is 10.2 Å². The van der Waals surface area contributed by atoms with E-state index in [1.807, 2.05) is 12.1 Å². The first-order valence-corrected chi connectivity index (χ1v) is 5.32. The number of likely N-dealkylation sites (tertiary alicyclic amines) is 1. The first-order chi connectivity index (χ1) is 6.83. The second kappa shape index (κ2) is 4.15.